The minimum Gasteiger partial charge on any atom is -0.495 e. The third-order valence-corrected chi connectivity index (χ3v) is 3.14. The predicted octanol–water partition coefficient (Wildman–Crippen LogP) is 3.59. The van der Waals surface area contributed by atoms with Gasteiger partial charge in [-0.1, -0.05) is 0 Å². The number of furan rings is 1. The maximum atomic E-state index is 8.88. The van der Waals surface area contributed by atoms with Gasteiger partial charge < -0.3 is 14.5 Å². The number of hydrogen-bond acceptors (Lipinski definition) is 4. The summed E-state index contributed by atoms with van der Waals surface area (Å²) in [4.78, 5) is 0. The van der Waals surface area contributed by atoms with Crippen molar-refractivity contribution in [2.75, 3.05) is 12.4 Å². The molecule has 0 saturated heterocycles. The van der Waals surface area contributed by atoms with E-state index in [4.69, 9.17) is 14.4 Å². The van der Waals surface area contributed by atoms with Gasteiger partial charge in [0.2, 0.25) is 0 Å². The number of benzene rings is 1. The van der Waals surface area contributed by atoms with Gasteiger partial charge in [0.15, 0.2) is 0 Å². The molecule has 0 aliphatic rings. The summed E-state index contributed by atoms with van der Waals surface area (Å²) in [5, 5.41) is 12.3. The molecule has 104 valence electrons. The summed E-state index contributed by atoms with van der Waals surface area (Å²) in [7, 11) is 1.61. The van der Waals surface area contributed by atoms with Gasteiger partial charge in [-0.3, -0.25) is 0 Å². The topological polar surface area (TPSA) is 58.2 Å². The third kappa shape index (κ3) is 3.55. The quantitative estimate of drug-likeness (QED) is 0.871. The summed E-state index contributed by atoms with van der Waals surface area (Å²) in [5.41, 5.74) is 1.49. The molecule has 2 aromatic rings. The molecule has 20 heavy (non-hydrogen) atoms. The maximum absolute atomic E-state index is 8.88. The highest BCUT2D eigenvalue weighted by Crippen LogP contribution is 2.26. The van der Waals surface area contributed by atoms with Gasteiger partial charge in [0, 0.05) is 18.5 Å². The number of aryl methyl sites for hydroxylation is 1. The lowest BCUT2D eigenvalue weighted by atomic mass is 10.1. The zero-order valence-corrected chi connectivity index (χ0v) is 11.7. The van der Waals surface area contributed by atoms with Crippen molar-refractivity contribution in [1.82, 2.24) is 0 Å². The average Bonchev–Trinajstić information content (AvgIpc) is 2.99. The Bertz CT molecular complexity index is 585. The van der Waals surface area contributed by atoms with Crippen molar-refractivity contribution >= 4 is 5.69 Å². The number of methoxy groups -OCH3 is 1. The van der Waals surface area contributed by atoms with Crippen LogP contribution in [0.2, 0.25) is 0 Å². The van der Waals surface area contributed by atoms with Crippen LogP contribution in [-0.2, 0) is 6.42 Å². The van der Waals surface area contributed by atoms with Crippen LogP contribution in [-0.4, -0.2) is 13.2 Å². The van der Waals surface area contributed by atoms with Crippen molar-refractivity contribution in [3.63, 3.8) is 0 Å². The summed E-state index contributed by atoms with van der Waals surface area (Å²) in [6.45, 7) is 2.11. The highest BCUT2D eigenvalue weighted by molar-refractivity contribution is 5.59. The van der Waals surface area contributed by atoms with Gasteiger partial charge >= 0.3 is 0 Å². The van der Waals surface area contributed by atoms with Crippen LogP contribution in [0.5, 0.6) is 5.75 Å². The third-order valence-electron chi connectivity index (χ3n) is 3.14. The molecular weight excluding hydrogens is 252 g/mol. The van der Waals surface area contributed by atoms with Crippen LogP contribution in [0, 0.1) is 11.3 Å². The molecule has 1 aromatic heterocycles. The molecule has 2 rings (SSSR count). The van der Waals surface area contributed by atoms with Crippen molar-refractivity contribution in [3.8, 4) is 11.8 Å². The molecule has 4 heteroatoms. The zero-order valence-electron chi connectivity index (χ0n) is 11.7. The van der Waals surface area contributed by atoms with Gasteiger partial charge in [-0.15, -0.1) is 0 Å². The molecule has 0 aliphatic heterocycles. The lowest BCUT2D eigenvalue weighted by Crippen LogP contribution is -2.16. The van der Waals surface area contributed by atoms with Gasteiger partial charge in [-0.25, -0.2) is 0 Å². The van der Waals surface area contributed by atoms with Gasteiger partial charge in [-0.05, 0) is 37.6 Å². The van der Waals surface area contributed by atoms with E-state index >= 15 is 0 Å². The highest BCUT2D eigenvalue weighted by Gasteiger charge is 2.09. The van der Waals surface area contributed by atoms with Crippen LogP contribution in [0.25, 0.3) is 0 Å². The van der Waals surface area contributed by atoms with E-state index < -0.39 is 0 Å². The molecule has 1 aromatic carbocycles. The lowest BCUT2D eigenvalue weighted by molar-refractivity contribution is 0.415. The Morgan fingerprint density at radius 2 is 2.25 bits per heavy atom. The highest BCUT2D eigenvalue weighted by atomic mass is 16.5. The Balaban J connectivity index is 1.96. The maximum Gasteiger partial charge on any atom is 0.143 e. The van der Waals surface area contributed by atoms with Crippen molar-refractivity contribution in [2.24, 2.45) is 0 Å². The Kier molecular flexibility index (Phi) is 4.67. The Morgan fingerprint density at radius 3 is 2.90 bits per heavy atom. The molecule has 1 atom stereocenters. The molecule has 4 nitrogen and oxygen atoms in total. The fraction of sp³-hybridized carbons (Fsp3) is 0.312. The molecular formula is C16H18N2O2. The van der Waals surface area contributed by atoms with E-state index in [-0.39, 0.29) is 6.04 Å². The first-order chi connectivity index (χ1) is 9.72. The van der Waals surface area contributed by atoms with Gasteiger partial charge in [0.25, 0.3) is 0 Å². The van der Waals surface area contributed by atoms with E-state index in [1.807, 2.05) is 18.2 Å². The number of rotatable bonds is 6. The number of hydrogen-bond donors (Lipinski definition) is 1. The van der Waals surface area contributed by atoms with Crippen LogP contribution in [0.4, 0.5) is 5.69 Å². The molecule has 0 aliphatic carbocycles. The fourth-order valence-corrected chi connectivity index (χ4v) is 2.03. The number of nitriles is 1. The van der Waals surface area contributed by atoms with Crippen molar-refractivity contribution in [1.29, 1.82) is 5.26 Å². The number of ether oxygens (including phenoxy) is 1. The molecule has 1 heterocycles. The van der Waals surface area contributed by atoms with Crippen molar-refractivity contribution in [3.05, 3.63) is 47.9 Å². The van der Waals surface area contributed by atoms with E-state index in [2.05, 4.69) is 18.3 Å². The largest absolute Gasteiger partial charge is 0.495 e. The van der Waals surface area contributed by atoms with Crippen LogP contribution in [0.3, 0.4) is 0 Å². The normalized spacial score (nSPS) is 11.7. The van der Waals surface area contributed by atoms with Crippen LogP contribution >= 0.6 is 0 Å². The SMILES string of the molecule is COc1cc(C#N)ccc1NC(C)CCc1ccco1. The molecule has 0 amide bonds. The molecule has 0 fully saturated rings. The summed E-state index contributed by atoms with van der Waals surface area (Å²) in [6, 6.07) is 11.7. The molecule has 0 saturated carbocycles. The minimum absolute atomic E-state index is 0.280. The Morgan fingerprint density at radius 1 is 1.40 bits per heavy atom. The first kappa shape index (κ1) is 14.0. The minimum atomic E-state index is 0.280. The van der Waals surface area contributed by atoms with E-state index in [1.54, 1.807) is 25.5 Å². The van der Waals surface area contributed by atoms with Crippen LogP contribution < -0.4 is 10.1 Å². The first-order valence-corrected chi connectivity index (χ1v) is 6.60. The molecule has 0 spiro atoms. The van der Waals surface area contributed by atoms with E-state index in [0.29, 0.717) is 11.3 Å². The van der Waals surface area contributed by atoms with E-state index in [1.165, 1.54) is 0 Å². The Hall–Kier alpha value is -2.41. The zero-order chi connectivity index (χ0) is 14.4. The van der Waals surface area contributed by atoms with Gasteiger partial charge in [-0.2, -0.15) is 5.26 Å². The average molecular weight is 270 g/mol. The smallest absolute Gasteiger partial charge is 0.143 e. The van der Waals surface area contributed by atoms with Gasteiger partial charge in [0.05, 0.1) is 30.7 Å². The van der Waals surface area contributed by atoms with E-state index in [0.717, 1.165) is 24.3 Å². The van der Waals surface area contributed by atoms with E-state index in [9.17, 15) is 0 Å². The second-order valence-electron chi connectivity index (χ2n) is 4.69. The van der Waals surface area contributed by atoms with Crippen LogP contribution in [0.15, 0.2) is 41.0 Å². The standard InChI is InChI=1S/C16H18N2O2/c1-12(5-7-14-4-3-9-20-14)18-15-8-6-13(11-17)10-16(15)19-2/h3-4,6,8-10,12,18H,5,7H2,1-2H3. The molecule has 0 radical (unpaired) electrons. The number of nitrogens with zero attached hydrogens (tertiary/aromatic N) is 1. The van der Waals surface area contributed by atoms with Crippen molar-refractivity contribution in [2.45, 2.75) is 25.8 Å². The fourth-order valence-electron chi connectivity index (χ4n) is 2.03. The van der Waals surface area contributed by atoms with Crippen molar-refractivity contribution < 1.29 is 9.15 Å². The van der Waals surface area contributed by atoms with Crippen LogP contribution in [0.1, 0.15) is 24.7 Å². The second kappa shape index (κ2) is 6.67. The molecule has 1 unspecified atom stereocenters. The number of nitrogens with one attached hydrogen (secondary N) is 1. The summed E-state index contributed by atoms with van der Waals surface area (Å²) < 4.78 is 10.6. The summed E-state index contributed by atoms with van der Waals surface area (Å²) in [5.74, 6) is 1.68. The molecule has 1 N–H and O–H groups in total. The Labute approximate surface area is 119 Å². The predicted molar refractivity (Wildman–Crippen MR) is 77.8 cm³/mol. The van der Waals surface area contributed by atoms with Gasteiger partial charge in [0.1, 0.15) is 11.5 Å². The summed E-state index contributed by atoms with van der Waals surface area (Å²) >= 11 is 0. The number of anilines is 1. The second-order valence-corrected chi connectivity index (χ2v) is 4.69. The monoisotopic (exact) mass is 270 g/mol. The summed E-state index contributed by atoms with van der Waals surface area (Å²) in [6.07, 6.45) is 3.54. The first-order valence-electron chi connectivity index (χ1n) is 6.60. The lowest BCUT2D eigenvalue weighted by Gasteiger charge is -2.17. The molecule has 0 bridgehead atoms.